The summed E-state index contributed by atoms with van der Waals surface area (Å²) in [6, 6.07) is 10.9. The summed E-state index contributed by atoms with van der Waals surface area (Å²) in [6.07, 6.45) is 1.68. The van der Waals surface area contributed by atoms with Gasteiger partial charge in [-0.2, -0.15) is 5.26 Å². The number of nitrogens with zero attached hydrogens (tertiary/aromatic N) is 4. The van der Waals surface area contributed by atoms with Crippen molar-refractivity contribution in [3.05, 3.63) is 47.7 Å². The van der Waals surface area contributed by atoms with Crippen LogP contribution in [0.4, 0.5) is 10.6 Å². The Balaban J connectivity index is 1.61. The van der Waals surface area contributed by atoms with Crippen molar-refractivity contribution in [2.75, 3.05) is 45.3 Å². The molecule has 2 aromatic rings. The van der Waals surface area contributed by atoms with Crippen LogP contribution in [0.5, 0.6) is 11.5 Å². The van der Waals surface area contributed by atoms with Gasteiger partial charge in [-0.15, -0.1) is 0 Å². The van der Waals surface area contributed by atoms with Crippen molar-refractivity contribution < 1.29 is 14.3 Å². The Morgan fingerprint density at radius 1 is 1.21 bits per heavy atom. The quantitative estimate of drug-likeness (QED) is 0.837. The number of ether oxygens (including phenoxy) is 2. The molecule has 1 N–H and O–H groups in total. The number of benzene rings is 1. The van der Waals surface area contributed by atoms with E-state index in [1.165, 1.54) is 0 Å². The number of rotatable bonds is 5. The van der Waals surface area contributed by atoms with E-state index in [-0.39, 0.29) is 12.1 Å². The van der Waals surface area contributed by atoms with Crippen LogP contribution in [-0.2, 0) is 0 Å². The van der Waals surface area contributed by atoms with E-state index in [0.29, 0.717) is 49.1 Å². The molecule has 2 amide bonds. The number of hydrogen-bond donors (Lipinski definition) is 1. The van der Waals surface area contributed by atoms with Crippen molar-refractivity contribution in [2.24, 2.45) is 0 Å². The topological polar surface area (TPSA) is 90.7 Å². The summed E-state index contributed by atoms with van der Waals surface area (Å²) in [5.41, 5.74) is 1.43. The van der Waals surface area contributed by atoms with Gasteiger partial charge in [0, 0.05) is 44.0 Å². The van der Waals surface area contributed by atoms with E-state index in [0.717, 1.165) is 5.56 Å². The number of carbonyl (C=O) groups excluding carboxylic acids is 1. The lowest BCUT2D eigenvalue weighted by Gasteiger charge is -2.36. The van der Waals surface area contributed by atoms with Crippen LogP contribution in [0.3, 0.4) is 0 Å². The highest BCUT2D eigenvalue weighted by Crippen LogP contribution is 2.29. The minimum absolute atomic E-state index is 0.128. The second kappa shape index (κ2) is 9.15. The summed E-state index contributed by atoms with van der Waals surface area (Å²) in [5.74, 6) is 2.04. The maximum atomic E-state index is 12.7. The first-order valence-corrected chi connectivity index (χ1v) is 9.44. The molecule has 152 valence electrons. The summed E-state index contributed by atoms with van der Waals surface area (Å²) in [7, 11) is 3.20. The molecule has 1 aliphatic heterocycles. The number of carbonyl (C=O) groups is 1. The smallest absolute Gasteiger partial charge is 0.317 e. The number of nitriles is 1. The average Bonchev–Trinajstić information content (AvgIpc) is 2.78. The van der Waals surface area contributed by atoms with Crippen LogP contribution in [0.2, 0.25) is 0 Å². The summed E-state index contributed by atoms with van der Waals surface area (Å²) in [6.45, 7) is 4.28. The van der Waals surface area contributed by atoms with E-state index in [1.54, 1.807) is 43.5 Å². The normalized spacial score (nSPS) is 14.7. The molecule has 0 spiro atoms. The minimum atomic E-state index is -0.220. The van der Waals surface area contributed by atoms with Gasteiger partial charge >= 0.3 is 6.03 Å². The van der Waals surface area contributed by atoms with Gasteiger partial charge in [-0.25, -0.2) is 9.78 Å². The van der Waals surface area contributed by atoms with Crippen LogP contribution in [-0.4, -0.2) is 56.3 Å². The van der Waals surface area contributed by atoms with Gasteiger partial charge in [0.2, 0.25) is 0 Å². The third-order valence-corrected chi connectivity index (χ3v) is 5.02. The lowest BCUT2D eigenvalue weighted by Crippen LogP contribution is -2.52. The first-order chi connectivity index (χ1) is 14.1. The SMILES string of the molecule is COc1ccc([C@H](C)NC(=O)N2CCN(c3ncccc3C#N)CC2)c(OC)c1. The van der Waals surface area contributed by atoms with Gasteiger partial charge in [-0.1, -0.05) is 0 Å². The van der Waals surface area contributed by atoms with Crippen LogP contribution in [0.1, 0.15) is 24.1 Å². The highest BCUT2D eigenvalue weighted by atomic mass is 16.5. The molecule has 3 rings (SSSR count). The van der Waals surface area contributed by atoms with Crippen molar-refractivity contribution in [3.8, 4) is 17.6 Å². The lowest BCUT2D eigenvalue weighted by atomic mass is 10.1. The van der Waals surface area contributed by atoms with Crippen molar-refractivity contribution in [1.82, 2.24) is 15.2 Å². The zero-order chi connectivity index (χ0) is 20.8. The molecule has 0 saturated carbocycles. The third kappa shape index (κ3) is 4.51. The van der Waals surface area contributed by atoms with Gasteiger partial charge in [-0.05, 0) is 31.2 Å². The van der Waals surface area contributed by atoms with Crippen molar-refractivity contribution in [3.63, 3.8) is 0 Å². The molecular formula is C21H25N5O3. The molecule has 0 bridgehead atoms. The molecule has 8 heteroatoms. The monoisotopic (exact) mass is 395 g/mol. The number of anilines is 1. The van der Waals surface area contributed by atoms with Gasteiger partial charge in [0.25, 0.3) is 0 Å². The van der Waals surface area contributed by atoms with Crippen LogP contribution < -0.4 is 19.7 Å². The molecule has 0 aliphatic carbocycles. The first kappa shape index (κ1) is 20.3. The molecule has 29 heavy (non-hydrogen) atoms. The molecule has 1 atom stereocenters. The maximum absolute atomic E-state index is 12.7. The largest absolute Gasteiger partial charge is 0.497 e. The number of hydrogen-bond acceptors (Lipinski definition) is 6. The molecule has 2 heterocycles. The maximum Gasteiger partial charge on any atom is 0.317 e. The van der Waals surface area contributed by atoms with Crippen LogP contribution >= 0.6 is 0 Å². The molecule has 8 nitrogen and oxygen atoms in total. The van der Waals surface area contributed by atoms with E-state index in [1.807, 2.05) is 24.0 Å². The predicted octanol–water partition coefficient (Wildman–Crippen LogP) is 2.56. The van der Waals surface area contributed by atoms with E-state index in [4.69, 9.17) is 9.47 Å². The molecule has 1 fully saturated rings. The molecule has 1 aliphatic rings. The Bertz CT molecular complexity index is 903. The van der Waals surface area contributed by atoms with Crippen molar-refractivity contribution in [2.45, 2.75) is 13.0 Å². The number of pyridine rings is 1. The van der Waals surface area contributed by atoms with E-state index < -0.39 is 0 Å². The lowest BCUT2D eigenvalue weighted by molar-refractivity contribution is 0.191. The number of aromatic nitrogens is 1. The van der Waals surface area contributed by atoms with Crippen LogP contribution in [0.25, 0.3) is 0 Å². The number of methoxy groups -OCH3 is 2. The second-order valence-corrected chi connectivity index (χ2v) is 6.74. The van der Waals surface area contributed by atoms with Gasteiger partial charge < -0.3 is 24.6 Å². The van der Waals surface area contributed by atoms with Crippen LogP contribution in [0.15, 0.2) is 36.5 Å². The summed E-state index contributed by atoms with van der Waals surface area (Å²) in [4.78, 5) is 20.9. The molecule has 0 radical (unpaired) electrons. The highest BCUT2D eigenvalue weighted by molar-refractivity contribution is 5.75. The van der Waals surface area contributed by atoms with Gasteiger partial charge in [0.1, 0.15) is 23.4 Å². The second-order valence-electron chi connectivity index (χ2n) is 6.74. The first-order valence-electron chi connectivity index (χ1n) is 9.44. The summed E-state index contributed by atoms with van der Waals surface area (Å²) in [5, 5.41) is 12.3. The molecular weight excluding hydrogens is 370 g/mol. The highest BCUT2D eigenvalue weighted by Gasteiger charge is 2.25. The number of nitrogens with one attached hydrogen (secondary N) is 1. The minimum Gasteiger partial charge on any atom is -0.497 e. The molecule has 1 aromatic heterocycles. The van der Waals surface area contributed by atoms with Gasteiger partial charge in [0.05, 0.1) is 25.8 Å². The zero-order valence-corrected chi connectivity index (χ0v) is 16.9. The average molecular weight is 395 g/mol. The van der Waals surface area contributed by atoms with Gasteiger partial charge in [0.15, 0.2) is 0 Å². The Morgan fingerprint density at radius 2 is 1.97 bits per heavy atom. The molecule has 0 unspecified atom stereocenters. The van der Waals surface area contributed by atoms with E-state index >= 15 is 0 Å². The summed E-state index contributed by atoms with van der Waals surface area (Å²) < 4.78 is 10.7. The van der Waals surface area contributed by atoms with E-state index in [9.17, 15) is 10.1 Å². The molecule has 1 saturated heterocycles. The Kier molecular flexibility index (Phi) is 6.39. The standard InChI is InChI=1S/C21H25N5O3/c1-15(18-7-6-17(28-2)13-19(18)29-3)24-21(27)26-11-9-25(10-12-26)20-16(14-22)5-4-8-23-20/h4-8,13,15H,9-12H2,1-3H3,(H,24,27)/t15-/m0/s1. The van der Waals surface area contributed by atoms with Crippen LogP contribution in [0, 0.1) is 11.3 Å². The Morgan fingerprint density at radius 3 is 2.62 bits per heavy atom. The van der Waals surface area contributed by atoms with Crippen molar-refractivity contribution >= 4 is 11.8 Å². The van der Waals surface area contributed by atoms with E-state index in [2.05, 4.69) is 16.4 Å². The Labute approximate surface area is 170 Å². The number of piperazine rings is 1. The zero-order valence-electron chi connectivity index (χ0n) is 16.9. The predicted molar refractivity (Wildman–Crippen MR) is 109 cm³/mol. The fourth-order valence-corrected chi connectivity index (χ4v) is 3.39. The number of urea groups is 1. The summed E-state index contributed by atoms with van der Waals surface area (Å²) >= 11 is 0. The van der Waals surface area contributed by atoms with Crippen molar-refractivity contribution in [1.29, 1.82) is 5.26 Å². The number of amides is 2. The fraction of sp³-hybridized carbons (Fsp3) is 0.381. The fourth-order valence-electron chi connectivity index (χ4n) is 3.39. The Hall–Kier alpha value is -3.47. The molecule has 1 aromatic carbocycles. The third-order valence-electron chi connectivity index (χ3n) is 5.02. The van der Waals surface area contributed by atoms with Gasteiger partial charge in [-0.3, -0.25) is 0 Å².